The van der Waals surface area contributed by atoms with Crippen LogP contribution in [0.1, 0.15) is 49.3 Å². The van der Waals surface area contributed by atoms with Gasteiger partial charge in [0.05, 0.1) is 0 Å². The lowest BCUT2D eigenvalue weighted by atomic mass is 9.80. The second-order valence-corrected chi connectivity index (χ2v) is 5.60. The summed E-state index contributed by atoms with van der Waals surface area (Å²) in [5, 5.41) is 0. The Morgan fingerprint density at radius 1 is 1.19 bits per heavy atom. The summed E-state index contributed by atoms with van der Waals surface area (Å²) in [7, 11) is 0. The summed E-state index contributed by atoms with van der Waals surface area (Å²) in [6.45, 7) is 2.18. The van der Waals surface area contributed by atoms with Gasteiger partial charge in [-0.05, 0) is 62.1 Å². The van der Waals surface area contributed by atoms with Gasteiger partial charge in [-0.25, -0.2) is 0 Å². The zero-order valence-corrected chi connectivity index (χ0v) is 10.1. The molecule has 86 valence electrons. The van der Waals surface area contributed by atoms with Crippen LogP contribution in [0.25, 0.3) is 0 Å². The van der Waals surface area contributed by atoms with E-state index >= 15 is 0 Å². The second kappa shape index (κ2) is 3.59. The van der Waals surface area contributed by atoms with Crippen LogP contribution in [-0.2, 0) is 18.3 Å². The number of benzene rings is 1. The number of hydrogen-bond acceptors (Lipinski definition) is 1. The first-order valence-electron chi connectivity index (χ1n) is 6.61. The highest BCUT2D eigenvalue weighted by Crippen LogP contribution is 2.52. The van der Waals surface area contributed by atoms with E-state index in [1.54, 1.807) is 16.7 Å². The molecule has 0 aliphatic heterocycles. The third kappa shape index (κ3) is 1.41. The summed E-state index contributed by atoms with van der Waals surface area (Å²) in [5.74, 6) is 0. The Bertz CT molecular complexity index is 402. The molecule has 0 heterocycles. The van der Waals surface area contributed by atoms with Crippen LogP contribution in [-0.4, -0.2) is 6.04 Å². The van der Waals surface area contributed by atoms with Crippen LogP contribution in [0.4, 0.5) is 0 Å². The molecule has 2 aliphatic rings. The van der Waals surface area contributed by atoms with E-state index in [1.807, 2.05) is 0 Å². The molecule has 3 rings (SSSR count). The fourth-order valence-electron chi connectivity index (χ4n) is 3.35. The molecular formula is C15H21N. The average Bonchev–Trinajstić information content (AvgIpc) is 3.09. The third-order valence-electron chi connectivity index (χ3n) is 4.59. The molecule has 1 aromatic carbocycles. The van der Waals surface area contributed by atoms with Gasteiger partial charge in [-0.3, -0.25) is 0 Å². The van der Waals surface area contributed by atoms with E-state index in [1.165, 1.54) is 38.5 Å². The van der Waals surface area contributed by atoms with E-state index in [-0.39, 0.29) is 0 Å². The van der Waals surface area contributed by atoms with Gasteiger partial charge in [0, 0.05) is 11.5 Å². The van der Waals surface area contributed by atoms with E-state index in [4.69, 9.17) is 5.73 Å². The standard InChI is InChI=1S/C15H21N/c1-11(16)15(9-10-15)14-8-4-6-12-5-2-3-7-13(12)14/h4,6,8,11H,2-3,5,7,9-10,16H2,1H3. The average molecular weight is 215 g/mol. The molecule has 1 fully saturated rings. The molecule has 0 radical (unpaired) electrons. The molecule has 1 unspecified atom stereocenters. The van der Waals surface area contributed by atoms with Crippen molar-refractivity contribution >= 4 is 0 Å². The maximum absolute atomic E-state index is 6.20. The zero-order chi connectivity index (χ0) is 11.2. The van der Waals surface area contributed by atoms with Crippen LogP contribution in [0, 0.1) is 0 Å². The minimum absolute atomic E-state index is 0.306. The zero-order valence-electron chi connectivity index (χ0n) is 10.1. The topological polar surface area (TPSA) is 26.0 Å². The van der Waals surface area contributed by atoms with Gasteiger partial charge in [-0.1, -0.05) is 18.2 Å². The highest BCUT2D eigenvalue weighted by atomic mass is 14.7. The van der Waals surface area contributed by atoms with Crippen molar-refractivity contribution in [3.05, 3.63) is 34.9 Å². The Morgan fingerprint density at radius 2 is 1.94 bits per heavy atom. The number of rotatable bonds is 2. The van der Waals surface area contributed by atoms with Gasteiger partial charge in [-0.15, -0.1) is 0 Å². The van der Waals surface area contributed by atoms with Gasteiger partial charge in [-0.2, -0.15) is 0 Å². The lowest BCUT2D eigenvalue weighted by Crippen LogP contribution is -2.33. The van der Waals surface area contributed by atoms with Crippen LogP contribution in [0.5, 0.6) is 0 Å². The molecule has 1 saturated carbocycles. The Kier molecular flexibility index (Phi) is 2.32. The number of aryl methyl sites for hydroxylation is 1. The minimum atomic E-state index is 0.306. The van der Waals surface area contributed by atoms with Gasteiger partial charge in [0.1, 0.15) is 0 Å². The van der Waals surface area contributed by atoms with Crippen molar-refractivity contribution in [2.45, 2.75) is 56.9 Å². The largest absolute Gasteiger partial charge is 0.327 e. The first kappa shape index (κ1) is 10.3. The van der Waals surface area contributed by atoms with Crippen molar-refractivity contribution in [3.63, 3.8) is 0 Å². The molecule has 2 aliphatic carbocycles. The highest BCUT2D eigenvalue weighted by Gasteiger charge is 2.48. The Balaban J connectivity index is 2.08. The molecule has 1 atom stereocenters. The van der Waals surface area contributed by atoms with Crippen LogP contribution >= 0.6 is 0 Å². The van der Waals surface area contributed by atoms with Crippen molar-refractivity contribution < 1.29 is 0 Å². The lowest BCUT2D eigenvalue weighted by molar-refractivity contribution is 0.544. The smallest absolute Gasteiger partial charge is 0.0108 e. The van der Waals surface area contributed by atoms with Gasteiger partial charge in [0.25, 0.3) is 0 Å². The van der Waals surface area contributed by atoms with E-state index < -0.39 is 0 Å². The van der Waals surface area contributed by atoms with E-state index in [0.29, 0.717) is 11.5 Å². The van der Waals surface area contributed by atoms with Gasteiger partial charge in [0.15, 0.2) is 0 Å². The first-order valence-corrected chi connectivity index (χ1v) is 6.61. The lowest BCUT2D eigenvalue weighted by Gasteiger charge is -2.27. The van der Waals surface area contributed by atoms with Gasteiger partial charge in [0.2, 0.25) is 0 Å². The highest BCUT2D eigenvalue weighted by molar-refractivity contribution is 5.45. The molecule has 0 spiro atoms. The second-order valence-electron chi connectivity index (χ2n) is 5.60. The van der Waals surface area contributed by atoms with E-state index in [2.05, 4.69) is 25.1 Å². The Hall–Kier alpha value is -0.820. The predicted octanol–water partition coefficient (Wildman–Crippen LogP) is 2.94. The molecule has 0 saturated heterocycles. The Morgan fingerprint density at radius 3 is 2.62 bits per heavy atom. The van der Waals surface area contributed by atoms with Crippen LogP contribution in [0.3, 0.4) is 0 Å². The molecule has 2 N–H and O–H groups in total. The molecule has 0 aromatic heterocycles. The van der Waals surface area contributed by atoms with Crippen LogP contribution in [0.15, 0.2) is 18.2 Å². The van der Waals surface area contributed by atoms with Crippen LogP contribution < -0.4 is 5.73 Å². The minimum Gasteiger partial charge on any atom is -0.327 e. The predicted molar refractivity (Wildman–Crippen MR) is 67.6 cm³/mol. The monoisotopic (exact) mass is 215 g/mol. The van der Waals surface area contributed by atoms with Crippen LogP contribution in [0.2, 0.25) is 0 Å². The maximum Gasteiger partial charge on any atom is 0.0108 e. The quantitative estimate of drug-likeness (QED) is 0.806. The number of nitrogens with two attached hydrogens (primary N) is 1. The fourth-order valence-corrected chi connectivity index (χ4v) is 3.35. The summed E-state index contributed by atoms with van der Waals surface area (Å²) in [5.41, 5.74) is 11.4. The molecular weight excluding hydrogens is 194 g/mol. The maximum atomic E-state index is 6.20. The summed E-state index contributed by atoms with van der Waals surface area (Å²) in [4.78, 5) is 0. The summed E-state index contributed by atoms with van der Waals surface area (Å²) in [6, 6.07) is 7.19. The molecule has 1 aromatic rings. The number of fused-ring (bicyclic) bond motifs is 1. The first-order chi connectivity index (χ1) is 7.74. The third-order valence-corrected chi connectivity index (χ3v) is 4.59. The van der Waals surface area contributed by atoms with Crippen molar-refractivity contribution in [2.24, 2.45) is 5.73 Å². The SMILES string of the molecule is CC(N)C1(c2cccc3c2CCCC3)CC1. The summed E-state index contributed by atoms with van der Waals surface area (Å²) in [6.07, 6.45) is 7.86. The van der Waals surface area contributed by atoms with Gasteiger partial charge < -0.3 is 5.73 Å². The number of hydrogen-bond donors (Lipinski definition) is 1. The van der Waals surface area contributed by atoms with E-state index in [9.17, 15) is 0 Å². The fraction of sp³-hybridized carbons (Fsp3) is 0.600. The van der Waals surface area contributed by atoms with Crippen molar-refractivity contribution in [2.75, 3.05) is 0 Å². The molecule has 1 nitrogen and oxygen atoms in total. The molecule has 1 heteroatoms. The van der Waals surface area contributed by atoms with Gasteiger partial charge >= 0.3 is 0 Å². The van der Waals surface area contributed by atoms with Crippen molar-refractivity contribution in [3.8, 4) is 0 Å². The van der Waals surface area contributed by atoms with E-state index in [0.717, 1.165) is 0 Å². The summed E-state index contributed by atoms with van der Waals surface area (Å²) >= 11 is 0. The molecule has 0 amide bonds. The molecule has 16 heavy (non-hydrogen) atoms. The Labute approximate surface area is 98.0 Å². The normalized spacial score (nSPS) is 23.6. The molecule has 0 bridgehead atoms. The summed E-state index contributed by atoms with van der Waals surface area (Å²) < 4.78 is 0. The van der Waals surface area contributed by atoms with Crippen molar-refractivity contribution in [1.29, 1.82) is 0 Å². The van der Waals surface area contributed by atoms with Crippen molar-refractivity contribution in [1.82, 2.24) is 0 Å².